The monoisotopic (exact) mass is 332 g/mol. The molecule has 6 heteroatoms. The summed E-state index contributed by atoms with van der Waals surface area (Å²) in [6, 6.07) is 8.57. The number of carbonyl (C=O) groups is 1. The number of anilines is 1. The summed E-state index contributed by atoms with van der Waals surface area (Å²) in [7, 11) is 0. The van der Waals surface area contributed by atoms with E-state index in [1.54, 1.807) is 41.3 Å². The highest BCUT2D eigenvalue weighted by Gasteiger charge is 2.20. The Labute approximate surface area is 125 Å². The van der Waals surface area contributed by atoms with Crippen LogP contribution in [0.1, 0.15) is 24.9 Å². The second-order valence-corrected chi connectivity index (χ2v) is 5.12. The summed E-state index contributed by atoms with van der Waals surface area (Å²) in [6.07, 6.45) is 4.00. The summed E-state index contributed by atoms with van der Waals surface area (Å²) in [5, 5.41) is 15.9. The Kier molecular flexibility index (Phi) is 4.53. The van der Waals surface area contributed by atoms with Gasteiger partial charge in [0.2, 0.25) is 5.91 Å². The number of rotatable bonds is 4. The van der Waals surface area contributed by atoms with Gasteiger partial charge in [-0.25, -0.2) is 0 Å². The fourth-order valence-electron chi connectivity index (χ4n) is 1.88. The molecule has 0 fully saturated rings. The van der Waals surface area contributed by atoms with Crippen LogP contribution in [0.15, 0.2) is 41.1 Å². The molecule has 1 unspecified atom stereocenters. The van der Waals surface area contributed by atoms with Crippen LogP contribution in [0.4, 0.5) is 5.69 Å². The van der Waals surface area contributed by atoms with Gasteiger partial charge in [0.15, 0.2) is 0 Å². The number of nitrogens with zero attached hydrogens (tertiary/aromatic N) is 3. The minimum Gasteiger partial charge on any atom is -0.323 e. The van der Waals surface area contributed by atoms with E-state index in [-0.39, 0.29) is 5.91 Å². The van der Waals surface area contributed by atoms with Crippen molar-refractivity contribution in [2.45, 2.75) is 19.4 Å². The lowest BCUT2D eigenvalue weighted by Gasteiger charge is -2.16. The maximum atomic E-state index is 12.3. The molecule has 0 aliphatic carbocycles. The van der Waals surface area contributed by atoms with Crippen molar-refractivity contribution >= 4 is 27.5 Å². The smallest absolute Gasteiger partial charge is 0.249 e. The number of hydrogen-bond donors (Lipinski definition) is 1. The second-order valence-electron chi connectivity index (χ2n) is 4.21. The summed E-state index contributed by atoms with van der Waals surface area (Å²) in [5.74, 6) is -0.189. The molecule has 1 amide bonds. The van der Waals surface area contributed by atoms with Crippen LogP contribution >= 0.6 is 15.9 Å². The molecule has 0 bridgehead atoms. The molecule has 2 rings (SSSR count). The lowest BCUT2D eigenvalue weighted by atomic mass is 10.1. The summed E-state index contributed by atoms with van der Waals surface area (Å²) in [4.78, 5) is 12.3. The molecular weight excluding hydrogens is 320 g/mol. The Bertz CT molecular complexity index is 659. The third-order valence-electron chi connectivity index (χ3n) is 2.88. The van der Waals surface area contributed by atoms with Gasteiger partial charge in [0.1, 0.15) is 12.1 Å². The maximum Gasteiger partial charge on any atom is 0.249 e. The normalized spacial score (nSPS) is 11.7. The summed E-state index contributed by atoms with van der Waals surface area (Å²) < 4.78 is 2.43. The van der Waals surface area contributed by atoms with Crippen molar-refractivity contribution in [1.29, 1.82) is 5.26 Å². The molecule has 1 atom stereocenters. The summed E-state index contributed by atoms with van der Waals surface area (Å²) in [6.45, 7) is 1.91. The minimum absolute atomic E-state index is 0.189. The van der Waals surface area contributed by atoms with Crippen molar-refractivity contribution in [3.05, 3.63) is 46.7 Å². The van der Waals surface area contributed by atoms with E-state index in [1.807, 2.05) is 6.92 Å². The molecule has 1 aromatic heterocycles. The van der Waals surface area contributed by atoms with Gasteiger partial charge in [-0.1, -0.05) is 19.1 Å². The maximum absolute atomic E-state index is 12.3. The van der Waals surface area contributed by atoms with Crippen LogP contribution in [0.3, 0.4) is 0 Å². The van der Waals surface area contributed by atoms with Crippen LogP contribution in [-0.4, -0.2) is 15.7 Å². The fraction of sp³-hybridized carbons (Fsp3) is 0.214. The second kappa shape index (κ2) is 6.35. The molecule has 0 radical (unpaired) electrons. The van der Waals surface area contributed by atoms with E-state index >= 15 is 0 Å². The van der Waals surface area contributed by atoms with Crippen molar-refractivity contribution in [1.82, 2.24) is 9.78 Å². The Morgan fingerprint density at radius 3 is 2.90 bits per heavy atom. The largest absolute Gasteiger partial charge is 0.323 e. The number of hydrogen-bond acceptors (Lipinski definition) is 3. The van der Waals surface area contributed by atoms with E-state index in [1.165, 1.54) is 0 Å². The number of benzene rings is 1. The van der Waals surface area contributed by atoms with Crippen molar-refractivity contribution in [2.24, 2.45) is 0 Å². The van der Waals surface area contributed by atoms with Gasteiger partial charge in [0.05, 0.1) is 21.9 Å². The van der Waals surface area contributed by atoms with Gasteiger partial charge in [-0.15, -0.1) is 0 Å². The Balaban J connectivity index is 2.20. The van der Waals surface area contributed by atoms with Gasteiger partial charge >= 0.3 is 0 Å². The lowest BCUT2D eigenvalue weighted by molar-refractivity contribution is -0.119. The van der Waals surface area contributed by atoms with Gasteiger partial charge in [-0.05, 0) is 34.5 Å². The highest BCUT2D eigenvalue weighted by Crippen LogP contribution is 2.19. The predicted molar refractivity (Wildman–Crippen MR) is 79.0 cm³/mol. The molecule has 1 aromatic carbocycles. The minimum atomic E-state index is -0.409. The molecule has 0 aliphatic rings. The number of nitriles is 1. The van der Waals surface area contributed by atoms with E-state index < -0.39 is 6.04 Å². The topological polar surface area (TPSA) is 70.7 Å². The SMILES string of the molecule is CCC(C(=O)Nc1ccccc1C#N)n1cc(Br)cn1. The average Bonchev–Trinajstić information content (AvgIpc) is 2.86. The Morgan fingerprint density at radius 2 is 2.30 bits per heavy atom. The van der Waals surface area contributed by atoms with Crippen LogP contribution in [0.25, 0.3) is 0 Å². The summed E-state index contributed by atoms with van der Waals surface area (Å²) in [5.41, 5.74) is 0.960. The molecule has 0 aliphatic heterocycles. The zero-order valence-corrected chi connectivity index (χ0v) is 12.5. The Hall–Kier alpha value is -2.13. The van der Waals surface area contributed by atoms with E-state index in [2.05, 4.69) is 32.4 Å². The van der Waals surface area contributed by atoms with Gasteiger partial charge in [0.25, 0.3) is 0 Å². The molecule has 102 valence electrons. The number of para-hydroxylation sites is 1. The molecule has 2 aromatic rings. The van der Waals surface area contributed by atoms with Crippen LogP contribution in [-0.2, 0) is 4.79 Å². The standard InChI is InChI=1S/C14H13BrN4O/c1-2-13(19-9-11(15)8-17-19)14(20)18-12-6-4-3-5-10(12)7-16/h3-6,8-9,13H,2H2,1H3,(H,18,20). The first-order valence-electron chi connectivity index (χ1n) is 6.15. The number of nitrogens with one attached hydrogen (secondary N) is 1. The lowest BCUT2D eigenvalue weighted by Crippen LogP contribution is -2.26. The van der Waals surface area contributed by atoms with E-state index in [0.717, 1.165) is 4.47 Å². The quantitative estimate of drug-likeness (QED) is 0.934. The number of amides is 1. The van der Waals surface area contributed by atoms with Crippen LogP contribution in [0.2, 0.25) is 0 Å². The first-order chi connectivity index (χ1) is 9.65. The molecule has 5 nitrogen and oxygen atoms in total. The predicted octanol–water partition coefficient (Wildman–Crippen LogP) is 3.11. The molecule has 0 spiro atoms. The highest BCUT2D eigenvalue weighted by molar-refractivity contribution is 9.10. The number of carbonyl (C=O) groups excluding carboxylic acids is 1. The van der Waals surface area contributed by atoms with Crippen LogP contribution in [0, 0.1) is 11.3 Å². The average molecular weight is 333 g/mol. The van der Waals surface area contributed by atoms with E-state index in [9.17, 15) is 4.79 Å². The molecule has 0 saturated heterocycles. The van der Waals surface area contributed by atoms with E-state index in [0.29, 0.717) is 17.7 Å². The van der Waals surface area contributed by atoms with Crippen molar-refractivity contribution in [2.75, 3.05) is 5.32 Å². The van der Waals surface area contributed by atoms with E-state index in [4.69, 9.17) is 5.26 Å². The van der Waals surface area contributed by atoms with Gasteiger partial charge < -0.3 is 5.32 Å². The zero-order chi connectivity index (χ0) is 14.5. The van der Waals surface area contributed by atoms with Crippen LogP contribution < -0.4 is 5.32 Å². The molecule has 0 saturated carbocycles. The first-order valence-corrected chi connectivity index (χ1v) is 6.94. The third-order valence-corrected chi connectivity index (χ3v) is 3.29. The van der Waals surface area contributed by atoms with Gasteiger partial charge in [-0.3, -0.25) is 9.48 Å². The zero-order valence-electron chi connectivity index (χ0n) is 10.9. The fourth-order valence-corrected chi connectivity index (χ4v) is 2.18. The van der Waals surface area contributed by atoms with Crippen molar-refractivity contribution < 1.29 is 4.79 Å². The van der Waals surface area contributed by atoms with Gasteiger partial charge in [-0.2, -0.15) is 10.4 Å². The van der Waals surface area contributed by atoms with Crippen LogP contribution in [0.5, 0.6) is 0 Å². The van der Waals surface area contributed by atoms with Crippen molar-refractivity contribution in [3.8, 4) is 6.07 Å². The van der Waals surface area contributed by atoms with Gasteiger partial charge in [0, 0.05) is 6.20 Å². The third kappa shape index (κ3) is 3.06. The number of halogens is 1. The first kappa shape index (κ1) is 14.3. The highest BCUT2D eigenvalue weighted by atomic mass is 79.9. The molecular formula is C14H13BrN4O. The number of aromatic nitrogens is 2. The molecule has 1 heterocycles. The summed E-state index contributed by atoms with van der Waals surface area (Å²) >= 11 is 3.31. The Morgan fingerprint density at radius 1 is 1.55 bits per heavy atom. The molecule has 1 N–H and O–H groups in total. The molecule has 20 heavy (non-hydrogen) atoms. The van der Waals surface area contributed by atoms with Crippen molar-refractivity contribution in [3.63, 3.8) is 0 Å².